The van der Waals surface area contributed by atoms with Gasteiger partial charge in [0.1, 0.15) is 17.5 Å². The van der Waals surface area contributed by atoms with Crippen molar-refractivity contribution in [3.63, 3.8) is 0 Å². The molecule has 0 fully saturated rings. The van der Waals surface area contributed by atoms with E-state index in [2.05, 4.69) is 25.0 Å². The Hall–Kier alpha value is -5.25. The van der Waals surface area contributed by atoms with Gasteiger partial charge in [0, 0.05) is 58.5 Å². The smallest absolute Gasteiger partial charge is 0.410 e. The Kier molecular flexibility index (Phi) is 15.2. The van der Waals surface area contributed by atoms with Crippen LogP contribution in [0, 0.1) is 5.82 Å². The number of aliphatic hydroxyl groups is 1. The van der Waals surface area contributed by atoms with Gasteiger partial charge in [0.05, 0.1) is 18.1 Å². The summed E-state index contributed by atoms with van der Waals surface area (Å²) in [6.45, 7) is 6.06. The highest BCUT2D eigenvalue weighted by Crippen LogP contribution is 2.33. The molecule has 0 aliphatic rings. The summed E-state index contributed by atoms with van der Waals surface area (Å²) in [6.07, 6.45) is -0.479. The van der Waals surface area contributed by atoms with Crippen LogP contribution in [0.3, 0.4) is 0 Å². The second kappa shape index (κ2) is 19.6. The number of aliphatic hydroxyl groups excluding tert-OH is 1. The first kappa shape index (κ1) is 43.5. The summed E-state index contributed by atoms with van der Waals surface area (Å²) in [5.41, 5.74) is 9.90. The number of benzene rings is 3. The summed E-state index contributed by atoms with van der Waals surface area (Å²) in [4.78, 5) is 35.7. The van der Waals surface area contributed by atoms with Crippen molar-refractivity contribution in [1.29, 1.82) is 0 Å². The Morgan fingerprint density at radius 2 is 1.70 bits per heavy atom. The van der Waals surface area contributed by atoms with Gasteiger partial charge in [0.2, 0.25) is 21.8 Å². The molecule has 0 saturated heterocycles. The molecule has 0 unspecified atom stereocenters. The minimum absolute atomic E-state index is 0.0259. The number of aromatic nitrogens is 1. The second-order valence-electron chi connectivity index (χ2n) is 14.0. The van der Waals surface area contributed by atoms with Crippen molar-refractivity contribution in [3.05, 3.63) is 129 Å². The van der Waals surface area contributed by atoms with Crippen LogP contribution in [0.15, 0.2) is 101 Å². The molecule has 0 saturated carbocycles. The fraction of sp³-hybridized carbons (Fsp3) is 0.359. The molecule has 0 spiro atoms. The van der Waals surface area contributed by atoms with Crippen molar-refractivity contribution in [2.24, 2.45) is 5.11 Å². The third-order valence-corrected chi connectivity index (χ3v) is 10.2. The van der Waals surface area contributed by atoms with E-state index in [-0.39, 0.29) is 42.1 Å². The van der Waals surface area contributed by atoms with E-state index in [1.54, 1.807) is 75.4 Å². The van der Waals surface area contributed by atoms with E-state index < -0.39 is 57.5 Å². The number of ether oxygens (including phenoxy) is 2. The van der Waals surface area contributed by atoms with Crippen LogP contribution in [-0.2, 0) is 26.0 Å². The Balaban J connectivity index is 1.68. The molecule has 3 N–H and O–H groups in total. The zero-order chi connectivity index (χ0) is 41.0. The quantitative estimate of drug-likeness (QED) is 0.0564. The fourth-order valence-electron chi connectivity index (χ4n) is 5.91. The maximum absolute atomic E-state index is 15.7. The zero-order valence-electron chi connectivity index (χ0n) is 31.6. The molecule has 0 aliphatic carbocycles. The molecule has 0 bridgehead atoms. The lowest BCUT2D eigenvalue weighted by atomic mass is 9.85. The van der Waals surface area contributed by atoms with E-state index in [1.807, 2.05) is 0 Å². The number of methoxy groups -OCH3 is 1. The van der Waals surface area contributed by atoms with Crippen molar-refractivity contribution < 1.29 is 37.0 Å². The van der Waals surface area contributed by atoms with Crippen LogP contribution in [-0.4, -0.2) is 79.4 Å². The minimum atomic E-state index is -4.15. The SMILES string of the molecule is COc1ccc([C@H](c2ccc(Cl)cc2)[C@H](N=[N+]=[N-])C(=O)Nc2cccc(F)c2CC[C@@H](CN(C[C@H](C)O)C(=O)OC(C)(C)C)NS(=O)(=O)c2ccccc2)cn1. The number of azide groups is 1. The maximum atomic E-state index is 15.7. The van der Waals surface area contributed by atoms with Crippen LogP contribution in [0.1, 0.15) is 56.7 Å². The minimum Gasteiger partial charge on any atom is -0.481 e. The van der Waals surface area contributed by atoms with Gasteiger partial charge < -0.3 is 24.8 Å². The van der Waals surface area contributed by atoms with Gasteiger partial charge in [-0.2, -0.15) is 0 Å². The number of anilines is 1. The van der Waals surface area contributed by atoms with Crippen molar-refractivity contribution in [3.8, 4) is 5.88 Å². The number of halogens is 2. The van der Waals surface area contributed by atoms with E-state index in [0.29, 0.717) is 22.0 Å². The van der Waals surface area contributed by atoms with Crippen molar-refractivity contribution in [2.75, 3.05) is 25.5 Å². The summed E-state index contributed by atoms with van der Waals surface area (Å²) < 4.78 is 56.2. The van der Waals surface area contributed by atoms with Crippen molar-refractivity contribution >= 4 is 39.3 Å². The number of pyridine rings is 1. The van der Waals surface area contributed by atoms with E-state index in [0.717, 1.165) is 0 Å². The van der Waals surface area contributed by atoms with E-state index >= 15 is 4.39 Å². The number of nitrogens with zero attached hydrogens (tertiary/aromatic N) is 5. The van der Waals surface area contributed by atoms with Gasteiger partial charge in [0.25, 0.3) is 0 Å². The van der Waals surface area contributed by atoms with Gasteiger partial charge in [-0.3, -0.25) is 4.79 Å². The Bertz CT molecular complexity index is 2100. The summed E-state index contributed by atoms with van der Waals surface area (Å²) >= 11 is 6.15. The van der Waals surface area contributed by atoms with Gasteiger partial charge in [-0.1, -0.05) is 59.2 Å². The van der Waals surface area contributed by atoms with Gasteiger partial charge in [0.15, 0.2) is 0 Å². The van der Waals surface area contributed by atoms with Crippen LogP contribution in [0.25, 0.3) is 10.4 Å². The lowest BCUT2D eigenvalue weighted by Crippen LogP contribution is -2.49. The van der Waals surface area contributed by atoms with Crippen LogP contribution in [0.5, 0.6) is 5.88 Å². The molecule has 0 radical (unpaired) electrons. The number of carbonyl (C=O) groups is 2. The normalized spacial score (nSPS) is 13.7. The average molecular weight is 810 g/mol. The molecule has 3 aromatic carbocycles. The number of rotatable bonds is 17. The molecule has 14 nitrogen and oxygen atoms in total. The molecule has 0 aliphatic heterocycles. The molecular weight excluding hydrogens is 765 g/mol. The van der Waals surface area contributed by atoms with Gasteiger partial charge in [-0.05, 0) is 93.6 Å². The lowest BCUT2D eigenvalue weighted by molar-refractivity contribution is -0.117. The average Bonchev–Trinajstić information content (AvgIpc) is 3.14. The summed E-state index contributed by atoms with van der Waals surface area (Å²) in [7, 11) is -2.69. The van der Waals surface area contributed by atoms with Crippen molar-refractivity contribution in [1.82, 2.24) is 14.6 Å². The largest absolute Gasteiger partial charge is 0.481 e. The molecule has 1 aromatic heterocycles. The zero-order valence-corrected chi connectivity index (χ0v) is 33.2. The summed E-state index contributed by atoms with van der Waals surface area (Å²) in [5, 5.41) is 17.3. The fourth-order valence-corrected chi connectivity index (χ4v) is 7.32. The number of amides is 2. The molecular formula is C39H45ClFN7O7S. The highest BCUT2D eigenvalue weighted by molar-refractivity contribution is 7.89. The van der Waals surface area contributed by atoms with Crippen LogP contribution in [0.4, 0.5) is 14.9 Å². The molecule has 1 heterocycles. The summed E-state index contributed by atoms with van der Waals surface area (Å²) in [5.74, 6) is -2.00. The van der Waals surface area contributed by atoms with Crippen LogP contribution >= 0.6 is 11.6 Å². The number of hydrogen-bond acceptors (Lipinski definition) is 9. The topological polar surface area (TPSA) is 196 Å². The van der Waals surface area contributed by atoms with Crippen LogP contribution in [0.2, 0.25) is 5.02 Å². The highest BCUT2D eigenvalue weighted by Gasteiger charge is 2.33. The second-order valence-corrected chi connectivity index (χ2v) is 16.1. The molecule has 56 heavy (non-hydrogen) atoms. The van der Waals surface area contributed by atoms with Gasteiger partial charge in [-0.15, -0.1) is 0 Å². The van der Waals surface area contributed by atoms with Gasteiger partial charge in [-0.25, -0.2) is 27.3 Å². The monoisotopic (exact) mass is 809 g/mol. The first-order valence-corrected chi connectivity index (χ1v) is 19.5. The predicted octanol–water partition coefficient (Wildman–Crippen LogP) is 7.23. The maximum Gasteiger partial charge on any atom is 0.410 e. The van der Waals surface area contributed by atoms with E-state index in [4.69, 9.17) is 21.1 Å². The lowest BCUT2D eigenvalue weighted by Gasteiger charge is -2.31. The third kappa shape index (κ3) is 12.4. The molecule has 298 valence electrons. The predicted molar refractivity (Wildman–Crippen MR) is 210 cm³/mol. The summed E-state index contributed by atoms with van der Waals surface area (Å²) in [6, 6.07) is 19.1. The third-order valence-electron chi connectivity index (χ3n) is 8.39. The molecule has 4 atom stereocenters. The standard InChI is InChI=1S/C39H45ClFN7O7S/c1-25(49)23-48(38(51)55-39(2,3)4)24-29(46-56(52,53)30-10-7-6-8-11-30)19-20-31-32(41)12-9-13-33(31)44-37(50)36(45-47-42)35(26-14-17-28(40)18-15-26)27-16-21-34(54-5)43-22-27/h6-18,21-22,25,29,35-36,46,49H,19-20,23-24H2,1-5H3,(H,44,50)/t25-,29-,35-,36-/m0/s1. The van der Waals surface area contributed by atoms with Gasteiger partial charge >= 0.3 is 6.09 Å². The Morgan fingerprint density at radius 1 is 1.02 bits per heavy atom. The molecule has 2 amide bonds. The molecule has 4 aromatic rings. The highest BCUT2D eigenvalue weighted by atomic mass is 35.5. The van der Waals surface area contributed by atoms with Crippen molar-refractivity contribution in [2.45, 2.75) is 75.1 Å². The Morgan fingerprint density at radius 3 is 2.29 bits per heavy atom. The number of carbonyl (C=O) groups excluding carboxylic acids is 2. The Labute approximate surface area is 330 Å². The first-order chi connectivity index (χ1) is 26.5. The molecule has 17 heteroatoms. The number of nitrogens with one attached hydrogen (secondary N) is 2. The van der Waals surface area contributed by atoms with E-state index in [9.17, 15) is 28.6 Å². The molecule has 4 rings (SSSR count). The number of hydrogen-bond donors (Lipinski definition) is 3. The number of sulfonamides is 1. The van der Waals surface area contributed by atoms with Crippen LogP contribution < -0.4 is 14.8 Å². The first-order valence-electron chi connectivity index (χ1n) is 17.6. The van der Waals surface area contributed by atoms with E-state index in [1.165, 1.54) is 55.5 Å².